The smallest absolute Gasteiger partial charge is 0.521 e. The summed E-state index contributed by atoms with van der Waals surface area (Å²) in [7, 11) is -0.287. The topological polar surface area (TPSA) is 43.4 Å². The van der Waals surface area contributed by atoms with Crippen molar-refractivity contribution < 1.29 is 9.07 Å². The Kier molecular flexibility index (Phi) is 3.16. The third-order valence-corrected chi connectivity index (χ3v) is 6.70. The van der Waals surface area contributed by atoms with Gasteiger partial charge in [0.25, 0.3) is 0 Å². The number of rotatable bonds is 1. The normalized spacial score (nSPS) is 13.6. The second kappa shape index (κ2) is 6.08. The summed E-state index contributed by atoms with van der Waals surface area (Å²) in [6.07, 6.45) is 3.81. The molecule has 2 aliphatic rings. The van der Waals surface area contributed by atoms with Crippen molar-refractivity contribution in [3.8, 4) is 28.3 Å². The van der Waals surface area contributed by atoms with Crippen LogP contribution in [0.2, 0.25) is 0 Å². The molecular formula is C27H16BN3O2. The molecule has 5 nitrogen and oxygen atoms in total. The number of benzene rings is 4. The van der Waals surface area contributed by atoms with Crippen LogP contribution in [0.25, 0.3) is 44.5 Å². The van der Waals surface area contributed by atoms with E-state index < -0.39 is 0 Å². The van der Waals surface area contributed by atoms with E-state index >= 15 is 0 Å². The van der Waals surface area contributed by atoms with E-state index in [0.717, 1.165) is 61.6 Å². The number of fused-ring (bicyclic) bond motifs is 11. The molecule has 0 amide bonds. The fourth-order valence-corrected chi connectivity index (χ4v) is 5.24. The molecule has 33 heavy (non-hydrogen) atoms. The van der Waals surface area contributed by atoms with Gasteiger partial charge in [0.2, 0.25) is 0 Å². The van der Waals surface area contributed by atoms with Crippen LogP contribution in [0.3, 0.4) is 0 Å². The average Bonchev–Trinajstić information content (AvgIpc) is 3.58. The van der Waals surface area contributed by atoms with Crippen LogP contribution in [0.4, 0.5) is 11.4 Å². The van der Waals surface area contributed by atoms with Gasteiger partial charge in [0.1, 0.15) is 22.7 Å². The molecular weight excluding hydrogens is 409 g/mol. The largest absolute Gasteiger partial charge is 0.629 e. The first-order valence-electron chi connectivity index (χ1n) is 11.0. The summed E-state index contributed by atoms with van der Waals surface area (Å²) in [5.74, 6) is 1.78. The fourth-order valence-electron chi connectivity index (χ4n) is 5.24. The Hall–Kier alpha value is -4.45. The number of imidazole rings is 1. The first-order valence-corrected chi connectivity index (χ1v) is 11.0. The molecule has 0 unspecified atom stereocenters. The third-order valence-electron chi connectivity index (χ3n) is 6.70. The molecule has 2 aliphatic heterocycles. The zero-order chi connectivity index (χ0) is 21.5. The SMILES string of the molecule is c1ccc2c(c1)-c1nccn1B1Oc3ccc(-c4cccc5c4oc4ccccc45)cc3N12. The van der Waals surface area contributed by atoms with Crippen LogP contribution in [0.5, 0.6) is 5.75 Å². The molecule has 8 rings (SSSR count). The van der Waals surface area contributed by atoms with Crippen molar-refractivity contribution in [2.24, 2.45) is 0 Å². The number of nitrogens with zero attached hydrogens (tertiary/aromatic N) is 3. The van der Waals surface area contributed by atoms with Gasteiger partial charge in [0, 0.05) is 40.0 Å². The van der Waals surface area contributed by atoms with Crippen molar-refractivity contribution in [3.05, 3.63) is 97.3 Å². The summed E-state index contributed by atoms with van der Waals surface area (Å²) in [5, 5.41) is 2.26. The molecule has 0 saturated carbocycles. The number of aromatic nitrogens is 2. The molecule has 0 fully saturated rings. The van der Waals surface area contributed by atoms with E-state index in [1.807, 2.05) is 24.5 Å². The van der Waals surface area contributed by atoms with Gasteiger partial charge in [0.05, 0.1) is 5.69 Å². The Balaban J connectivity index is 1.35. The molecule has 0 saturated heterocycles. The van der Waals surface area contributed by atoms with E-state index in [1.54, 1.807) is 0 Å². The minimum atomic E-state index is -0.287. The summed E-state index contributed by atoms with van der Waals surface area (Å²) in [6, 6.07) is 29.3. The molecule has 0 radical (unpaired) electrons. The number of furan rings is 1. The highest BCUT2D eigenvalue weighted by Gasteiger charge is 2.46. The van der Waals surface area contributed by atoms with Gasteiger partial charge in [-0.3, -0.25) is 0 Å². The minimum absolute atomic E-state index is 0.287. The average molecular weight is 425 g/mol. The van der Waals surface area contributed by atoms with E-state index in [4.69, 9.17) is 9.07 Å². The van der Waals surface area contributed by atoms with Gasteiger partial charge in [-0.2, -0.15) is 0 Å². The van der Waals surface area contributed by atoms with E-state index in [9.17, 15) is 0 Å². The zero-order valence-electron chi connectivity index (χ0n) is 17.5. The van der Waals surface area contributed by atoms with E-state index in [0.29, 0.717) is 0 Å². The Morgan fingerprint density at radius 3 is 2.61 bits per heavy atom. The predicted molar refractivity (Wildman–Crippen MR) is 131 cm³/mol. The molecule has 154 valence electrons. The maximum atomic E-state index is 6.40. The standard InChI is InChI=1S/C27H16BN3O2/c1-3-10-22-21(7-1)27-29-14-15-30(27)28-31(22)23-16-17(12-13-25(23)33-28)18-8-5-9-20-19-6-2-4-11-24(19)32-26(18)20/h1-16H. The van der Waals surface area contributed by atoms with Gasteiger partial charge in [-0.25, -0.2) is 4.98 Å². The first kappa shape index (κ1) is 17.2. The minimum Gasteiger partial charge on any atom is -0.521 e. The number of para-hydroxylation sites is 3. The number of hydrogen-bond acceptors (Lipinski definition) is 4. The Bertz CT molecular complexity index is 1730. The quantitative estimate of drug-likeness (QED) is 0.282. The molecule has 4 aromatic carbocycles. The van der Waals surface area contributed by atoms with Crippen molar-refractivity contribution in [1.29, 1.82) is 0 Å². The molecule has 4 heterocycles. The second-order valence-corrected chi connectivity index (χ2v) is 8.45. The maximum Gasteiger partial charge on any atom is 0.629 e. The van der Waals surface area contributed by atoms with Crippen molar-refractivity contribution in [2.75, 3.05) is 4.81 Å². The van der Waals surface area contributed by atoms with Crippen LogP contribution < -0.4 is 9.47 Å². The molecule has 0 atom stereocenters. The fraction of sp³-hybridized carbons (Fsp3) is 0. The lowest BCUT2D eigenvalue weighted by molar-refractivity contribution is 0.576. The molecule has 0 spiro atoms. The van der Waals surface area contributed by atoms with Gasteiger partial charge in [0.15, 0.2) is 0 Å². The van der Waals surface area contributed by atoms with Crippen molar-refractivity contribution in [2.45, 2.75) is 0 Å². The highest BCUT2D eigenvalue weighted by molar-refractivity contribution is 6.61. The van der Waals surface area contributed by atoms with Crippen molar-refractivity contribution in [3.63, 3.8) is 0 Å². The van der Waals surface area contributed by atoms with Crippen molar-refractivity contribution >= 4 is 40.5 Å². The monoisotopic (exact) mass is 425 g/mol. The van der Waals surface area contributed by atoms with Gasteiger partial charge in [-0.1, -0.05) is 54.6 Å². The van der Waals surface area contributed by atoms with Crippen LogP contribution in [0.15, 0.2) is 102 Å². The molecule has 0 N–H and O–H groups in total. The summed E-state index contributed by atoms with van der Waals surface area (Å²) >= 11 is 0. The first-order chi connectivity index (χ1) is 16.4. The number of anilines is 2. The van der Waals surface area contributed by atoms with E-state index in [-0.39, 0.29) is 7.19 Å². The van der Waals surface area contributed by atoms with Crippen molar-refractivity contribution in [1.82, 2.24) is 9.46 Å². The van der Waals surface area contributed by atoms with E-state index in [1.165, 1.54) is 0 Å². The Morgan fingerprint density at radius 2 is 1.61 bits per heavy atom. The highest BCUT2D eigenvalue weighted by Crippen LogP contribution is 2.49. The van der Waals surface area contributed by atoms with Crippen LogP contribution >= 0.6 is 0 Å². The van der Waals surface area contributed by atoms with E-state index in [2.05, 4.69) is 87.1 Å². The molecule has 6 aromatic rings. The van der Waals surface area contributed by atoms with Gasteiger partial charge >= 0.3 is 7.19 Å². The summed E-state index contributed by atoms with van der Waals surface area (Å²) in [5.41, 5.74) is 7.21. The lowest BCUT2D eigenvalue weighted by Gasteiger charge is -2.29. The van der Waals surface area contributed by atoms with Crippen LogP contribution in [-0.4, -0.2) is 16.6 Å². The summed E-state index contributed by atoms with van der Waals surface area (Å²) in [6.45, 7) is 0. The van der Waals surface area contributed by atoms with Gasteiger partial charge < -0.3 is 18.4 Å². The molecule has 0 bridgehead atoms. The summed E-state index contributed by atoms with van der Waals surface area (Å²) in [4.78, 5) is 6.84. The Morgan fingerprint density at radius 1 is 0.758 bits per heavy atom. The third kappa shape index (κ3) is 2.19. The van der Waals surface area contributed by atoms with Crippen LogP contribution in [0, 0.1) is 0 Å². The zero-order valence-corrected chi connectivity index (χ0v) is 17.5. The molecule has 0 aliphatic carbocycles. The number of hydrogen-bond donors (Lipinski definition) is 0. The van der Waals surface area contributed by atoms with Crippen LogP contribution in [-0.2, 0) is 0 Å². The second-order valence-electron chi connectivity index (χ2n) is 8.45. The van der Waals surface area contributed by atoms with Crippen LogP contribution in [0.1, 0.15) is 0 Å². The highest BCUT2D eigenvalue weighted by atomic mass is 16.5. The van der Waals surface area contributed by atoms with Gasteiger partial charge in [-0.15, -0.1) is 0 Å². The maximum absolute atomic E-state index is 6.40. The molecule has 6 heteroatoms. The lowest BCUT2D eigenvalue weighted by atomic mass is 9.89. The molecule has 2 aromatic heterocycles. The summed E-state index contributed by atoms with van der Waals surface area (Å²) < 4.78 is 14.8. The predicted octanol–water partition coefficient (Wildman–Crippen LogP) is 6.49. The lowest BCUT2D eigenvalue weighted by Crippen LogP contribution is -2.45. The Labute approximate surface area is 189 Å². The van der Waals surface area contributed by atoms with Gasteiger partial charge in [-0.05, 0) is 35.9 Å².